The smallest absolute Gasteiger partial charge is 0.295 e. The van der Waals surface area contributed by atoms with Crippen LogP contribution in [0.5, 0.6) is 0 Å². The van der Waals surface area contributed by atoms with Crippen LogP contribution in [0.3, 0.4) is 0 Å². The first kappa shape index (κ1) is 15.6. The number of hydrogen-bond donors (Lipinski definition) is 0. The van der Waals surface area contributed by atoms with Crippen molar-refractivity contribution in [3.63, 3.8) is 0 Å². The fraction of sp³-hybridized carbons (Fsp3) is 0.500. The number of sulfonamides is 1. The van der Waals surface area contributed by atoms with Crippen LogP contribution in [0, 0.1) is 0 Å². The van der Waals surface area contributed by atoms with Crippen LogP contribution in [0.15, 0.2) is 27.9 Å². The molecule has 0 radical (unpaired) electrons. The molecule has 120 valence electrons. The van der Waals surface area contributed by atoms with E-state index in [1.54, 1.807) is 48.4 Å². The average Bonchev–Trinajstić information content (AvgIpc) is 2.75. The first-order valence-corrected chi connectivity index (χ1v) is 9.76. The normalized spacial score (nSPS) is 17.7. The highest BCUT2D eigenvalue weighted by molar-refractivity contribution is 7.99. The van der Waals surface area contributed by atoms with Crippen molar-refractivity contribution >= 4 is 32.8 Å². The number of benzene rings is 1. The van der Waals surface area contributed by atoms with Crippen LogP contribution in [0.2, 0.25) is 0 Å². The van der Waals surface area contributed by atoms with E-state index in [1.165, 1.54) is 9.13 Å². The second kappa shape index (κ2) is 5.75. The minimum absolute atomic E-state index is 0.157. The first-order valence-electron chi connectivity index (χ1n) is 7.16. The molecular formula is C14H19N3O3S2. The minimum atomic E-state index is -3.50. The number of imidazole rings is 1. The van der Waals surface area contributed by atoms with Crippen LogP contribution < -0.4 is 5.69 Å². The van der Waals surface area contributed by atoms with E-state index in [1.807, 2.05) is 0 Å². The Bertz CT molecular complexity index is 859. The van der Waals surface area contributed by atoms with Crippen molar-refractivity contribution in [2.75, 3.05) is 24.6 Å². The average molecular weight is 341 g/mol. The molecule has 1 fully saturated rings. The van der Waals surface area contributed by atoms with Crippen LogP contribution in [-0.4, -0.2) is 46.5 Å². The van der Waals surface area contributed by atoms with E-state index in [0.717, 1.165) is 23.4 Å². The van der Waals surface area contributed by atoms with Crippen LogP contribution in [0.1, 0.15) is 6.42 Å². The summed E-state index contributed by atoms with van der Waals surface area (Å²) >= 11 is 1.79. The SMILES string of the molecule is Cn1c(=O)n(C)c2cc(S(=O)(=O)N3CCCSCC3)ccc21. The van der Waals surface area contributed by atoms with Gasteiger partial charge in [0.2, 0.25) is 10.0 Å². The molecule has 8 heteroatoms. The Balaban J connectivity index is 2.09. The zero-order chi connectivity index (χ0) is 15.9. The molecular weight excluding hydrogens is 322 g/mol. The van der Waals surface area contributed by atoms with Gasteiger partial charge in [-0.2, -0.15) is 16.1 Å². The summed E-state index contributed by atoms with van der Waals surface area (Å²) in [6, 6.07) is 4.90. The standard InChI is InChI=1S/C14H19N3O3S2/c1-15-12-5-4-11(10-13(12)16(2)14(15)18)22(19,20)17-6-3-8-21-9-7-17/h4-5,10H,3,6-9H2,1-2H3. The lowest BCUT2D eigenvalue weighted by molar-refractivity contribution is 0.435. The summed E-state index contributed by atoms with van der Waals surface area (Å²) in [5, 5.41) is 0. The Labute approximate surface area is 133 Å². The van der Waals surface area contributed by atoms with Crippen LogP contribution in [-0.2, 0) is 24.1 Å². The van der Waals surface area contributed by atoms with Gasteiger partial charge >= 0.3 is 5.69 Å². The van der Waals surface area contributed by atoms with Crippen LogP contribution in [0.25, 0.3) is 11.0 Å². The fourth-order valence-electron chi connectivity index (χ4n) is 2.76. The predicted molar refractivity (Wildman–Crippen MR) is 88.9 cm³/mol. The van der Waals surface area contributed by atoms with Gasteiger partial charge in [0.1, 0.15) is 0 Å². The summed E-state index contributed by atoms with van der Waals surface area (Å²) in [7, 11) is -0.160. The van der Waals surface area contributed by atoms with Crippen molar-refractivity contribution in [1.82, 2.24) is 13.4 Å². The van der Waals surface area contributed by atoms with Gasteiger partial charge in [-0.25, -0.2) is 13.2 Å². The number of hydrogen-bond acceptors (Lipinski definition) is 4. The fourth-order valence-corrected chi connectivity index (χ4v) is 5.26. The number of fused-ring (bicyclic) bond motifs is 1. The van der Waals surface area contributed by atoms with Crippen LogP contribution in [0.4, 0.5) is 0 Å². The topological polar surface area (TPSA) is 64.3 Å². The molecule has 1 aromatic heterocycles. The van der Waals surface area contributed by atoms with Gasteiger partial charge in [0, 0.05) is 32.9 Å². The van der Waals surface area contributed by atoms with E-state index in [0.29, 0.717) is 18.6 Å². The molecule has 0 aliphatic carbocycles. The minimum Gasteiger partial charge on any atom is -0.295 e. The Morgan fingerprint density at radius 2 is 1.77 bits per heavy atom. The number of nitrogens with zero attached hydrogens (tertiary/aromatic N) is 3. The van der Waals surface area contributed by atoms with Crippen LogP contribution >= 0.6 is 11.8 Å². The van der Waals surface area contributed by atoms with E-state index in [-0.39, 0.29) is 10.6 Å². The van der Waals surface area contributed by atoms with E-state index < -0.39 is 10.0 Å². The zero-order valence-corrected chi connectivity index (χ0v) is 14.3. The quantitative estimate of drug-likeness (QED) is 0.818. The lowest BCUT2D eigenvalue weighted by Crippen LogP contribution is -2.33. The first-order chi connectivity index (χ1) is 10.4. The monoisotopic (exact) mass is 341 g/mol. The molecule has 2 aromatic rings. The summed E-state index contributed by atoms with van der Waals surface area (Å²) in [4.78, 5) is 12.2. The third kappa shape index (κ3) is 2.49. The number of thioether (sulfide) groups is 1. The van der Waals surface area contributed by atoms with Gasteiger partial charge in [0.15, 0.2) is 0 Å². The van der Waals surface area contributed by atoms with Gasteiger partial charge in [-0.05, 0) is 30.4 Å². The van der Waals surface area contributed by atoms with Crippen molar-refractivity contribution in [3.05, 3.63) is 28.7 Å². The molecule has 1 aliphatic rings. The molecule has 22 heavy (non-hydrogen) atoms. The molecule has 3 rings (SSSR count). The summed E-state index contributed by atoms with van der Waals surface area (Å²) in [5.41, 5.74) is 1.21. The maximum atomic E-state index is 12.8. The van der Waals surface area contributed by atoms with Gasteiger partial charge in [-0.1, -0.05) is 0 Å². The van der Waals surface area contributed by atoms with Crippen molar-refractivity contribution in [3.8, 4) is 0 Å². The van der Waals surface area contributed by atoms with Crippen molar-refractivity contribution in [2.24, 2.45) is 14.1 Å². The molecule has 1 aliphatic heterocycles. The molecule has 0 saturated carbocycles. The predicted octanol–water partition coefficient (Wildman–Crippen LogP) is 1.00. The summed E-state index contributed by atoms with van der Waals surface area (Å²) in [6.45, 7) is 1.10. The van der Waals surface area contributed by atoms with E-state index in [9.17, 15) is 13.2 Å². The highest BCUT2D eigenvalue weighted by atomic mass is 32.2. The molecule has 2 heterocycles. The number of rotatable bonds is 2. The number of aromatic nitrogens is 2. The molecule has 0 N–H and O–H groups in total. The largest absolute Gasteiger partial charge is 0.328 e. The van der Waals surface area contributed by atoms with E-state index in [2.05, 4.69) is 0 Å². The maximum absolute atomic E-state index is 12.8. The highest BCUT2D eigenvalue weighted by Gasteiger charge is 2.26. The molecule has 0 amide bonds. The zero-order valence-electron chi connectivity index (χ0n) is 12.7. The third-order valence-electron chi connectivity index (χ3n) is 4.06. The molecule has 0 unspecified atom stereocenters. The summed E-state index contributed by atoms with van der Waals surface area (Å²) < 4.78 is 30.2. The summed E-state index contributed by atoms with van der Waals surface area (Å²) in [6.07, 6.45) is 0.871. The van der Waals surface area contributed by atoms with E-state index >= 15 is 0 Å². The molecule has 6 nitrogen and oxygen atoms in total. The lowest BCUT2D eigenvalue weighted by atomic mass is 10.3. The Hall–Kier alpha value is -1.25. The molecule has 0 atom stereocenters. The molecule has 0 spiro atoms. The molecule has 0 bridgehead atoms. The molecule has 1 aromatic carbocycles. The second-order valence-corrected chi connectivity index (χ2v) is 8.58. The Kier molecular flexibility index (Phi) is 4.09. The maximum Gasteiger partial charge on any atom is 0.328 e. The Morgan fingerprint density at radius 1 is 1.05 bits per heavy atom. The van der Waals surface area contributed by atoms with Crippen molar-refractivity contribution in [2.45, 2.75) is 11.3 Å². The highest BCUT2D eigenvalue weighted by Crippen LogP contribution is 2.23. The Morgan fingerprint density at radius 3 is 2.55 bits per heavy atom. The van der Waals surface area contributed by atoms with Gasteiger partial charge in [0.05, 0.1) is 15.9 Å². The van der Waals surface area contributed by atoms with E-state index in [4.69, 9.17) is 0 Å². The molecule has 1 saturated heterocycles. The lowest BCUT2D eigenvalue weighted by Gasteiger charge is -2.19. The van der Waals surface area contributed by atoms with Gasteiger partial charge in [-0.3, -0.25) is 9.13 Å². The summed E-state index contributed by atoms with van der Waals surface area (Å²) in [5.74, 6) is 1.82. The van der Waals surface area contributed by atoms with Gasteiger partial charge in [-0.15, -0.1) is 0 Å². The van der Waals surface area contributed by atoms with Gasteiger partial charge < -0.3 is 0 Å². The van der Waals surface area contributed by atoms with Gasteiger partial charge in [0.25, 0.3) is 0 Å². The second-order valence-electron chi connectivity index (χ2n) is 5.42. The number of aryl methyl sites for hydroxylation is 2. The van der Waals surface area contributed by atoms with Crippen molar-refractivity contribution in [1.29, 1.82) is 0 Å². The van der Waals surface area contributed by atoms with Crippen molar-refractivity contribution < 1.29 is 8.42 Å². The third-order valence-corrected chi connectivity index (χ3v) is 7.01.